The summed E-state index contributed by atoms with van der Waals surface area (Å²) in [5.41, 5.74) is 1.13. The summed E-state index contributed by atoms with van der Waals surface area (Å²) in [4.78, 5) is 3.74. The van der Waals surface area contributed by atoms with Crippen LogP contribution in [0.25, 0.3) is 0 Å². The molecular weight excluding hydrogens is 242 g/mol. The van der Waals surface area contributed by atoms with E-state index in [4.69, 9.17) is 5.11 Å². The fraction of sp³-hybridized carbons (Fsp3) is 0.600. The van der Waals surface area contributed by atoms with Gasteiger partial charge in [-0.3, -0.25) is 0 Å². The fourth-order valence-corrected chi connectivity index (χ4v) is 3.06. The molecular formula is C15H21NOS. The van der Waals surface area contributed by atoms with Gasteiger partial charge in [-0.05, 0) is 36.8 Å². The molecule has 1 aliphatic rings. The minimum atomic E-state index is 0.145. The molecule has 0 radical (unpaired) electrons. The van der Waals surface area contributed by atoms with Gasteiger partial charge in [0.1, 0.15) is 0 Å². The molecule has 2 unspecified atom stereocenters. The first-order valence-corrected chi connectivity index (χ1v) is 7.43. The lowest BCUT2D eigenvalue weighted by molar-refractivity contribution is 0.305. The Kier molecular flexibility index (Phi) is 4.82. The van der Waals surface area contributed by atoms with E-state index in [1.165, 1.54) is 17.8 Å². The summed E-state index contributed by atoms with van der Waals surface area (Å²) in [6.07, 6.45) is 1.95. The molecule has 1 heterocycles. The molecule has 0 aliphatic heterocycles. The molecule has 1 aromatic heterocycles. The number of hydrogen-bond acceptors (Lipinski definition) is 3. The molecule has 2 atom stereocenters. The molecule has 0 saturated heterocycles. The van der Waals surface area contributed by atoms with Gasteiger partial charge in [0.2, 0.25) is 0 Å². The largest absolute Gasteiger partial charge is 0.395 e. The van der Waals surface area contributed by atoms with Gasteiger partial charge in [-0.1, -0.05) is 18.8 Å². The minimum absolute atomic E-state index is 0.145. The first-order chi connectivity index (χ1) is 8.70. The highest BCUT2D eigenvalue weighted by Crippen LogP contribution is 2.38. The van der Waals surface area contributed by atoms with E-state index < -0.39 is 0 Å². The molecule has 0 bridgehead atoms. The second-order valence-electron chi connectivity index (χ2n) is 5.20. The van der Waals surface area contributed by atoms with Crippen molar-refractivity contribution in [2.75, 3.05) is 20.2 Å². The van der Waals surface area contributed by atoms with Gasteiger partial charge in [-0.15, -0.1) is 11.3 Å². The van der Waals surface area contributed by atoms with Gasteiger partial charge < -0.3 is 10.0 Å². The van der Waals surface area contributed by atoms with Crippen LogP contribution in [0.5, 0.6) is 0 Å². The maximum Gasteiger partial charge on any atom is 0.0540 e. The Balaban J connectivity index is 1.89. The Morgan fingerprint density at radius 1 is 1.56 bits per heavy atom. The molecule has 1 saturated carbocycles. The van der Waals surface area contributed by atoms with E-state index in [9.17, 15) is 0 Å². The molecule has 0 aromatic carbocycles. The van der Waals surface area contributed by atoms with Gasteiger partial charge in [-0.2, -0.15) is 0 Å². The van der Waals surface area contributed by atoms with E-state index in [2.05, 4.69) is 42.2 Å². The second kappa shape index (κ2) is 6.38. The summed E-state index contributed by atoms with van der Waals surface area (Å²) in [6, 6.07) is 2.08. The molecule has 3 heteroatoms. The average Bonchev–Trinajstić information content (AvgIpc) is 2.85. The van der Waals surface area contributed by atoms with Crippen molar-refractivity contribution in [3.63, 3.8) is 0 Å². The molecule has 98 valence electrons. The van der Waals surface area contributed by atoms with Crippen LogP contribution in [-0.4, -0.2) is 30.2 Å². The zero-order valence-corrected chi connectivity index (χ0v) is 12.0. The van der Waals surface area contributed by atoms with Crippen LogP contribution in [0, 0.1) is 23.7 Å². The molecule has 1 aliphatic carbocycles. The summed E-state index contributed by atoms with van der Waals surface area (Å²) in [5, 5.41) is 10.8. The van der Waals surface area contributed by atoms with Crippen molar-refractivity contribution < 1.29 is 5.11 Å². The van der Waals surface area contributed by atoms with E-state index in [0.717, 1.165) is 23.9 Å². The molecule has 2 rings (SSSR count). The monoisotopic (exact) mass is 263 g/mol. The first kappa shape index (κ1) is 13.6. The zero-order valence-electron chi connectivity index (χ0n) is 11.1. The number of rotatable bonds is 5. The van der Waals surface area contributed by atoms with Crippen molar-refractivity contribution in [1.82, 2.24) is 4.90 Å². The predicted octanol–water partition coefficient (Wildman–Crippen LogP) is 2.57. The minimum Gasteiger partial charge on any atom is -0.395 e. The highest BCUT2D eigenvalue weighted by Gasteiger charge is 2.33. The summed E-state index contributed by atoms with van der Waals surface area (Å²) in [5.74, 6) is 7.97. The van der Waals surface area contributed by atoms with Gasteiger partial charge in [0.05, 0.1) is 6.61 Å². The maximum atomic E-state index is 8.73. The first-order valence-electron chi connectivity index (χ1n) is 6.55. The van der Waals surface area contributed by atoms with Crippen molar-refractivity contribution in [1.29, 1.82) is 0 Å². The summed E-state index contributed by atoms with van der Waals surface area (Å²) >= 11 is 1.78. The van der Waals surface area contributed by atoms with Gasteiger partial charge in [0, 0.05) is 30.0 Å². The zero-order chi connectivity index (χ0) is 13.0. The Morgan fingerprint density at radius 2 is 2.33 bits per heavy atom. The predicted molar refractivity (Wildman–Crippen MR) is 76.5 cm³/mol. The number of nitrogens with zero attached hydrogens (tertiary/aromatic N) is 1. The molecule has 2 nitrogen and oxygen atoms in total. The lowest BCUT2D eigenvalue weighted by Crippen LogP contribution is -2.20. The highest BCUT2D eigenvalue weighted by molar-refractivity contribution is 7.10. The van der Waals surface area contributed by atoms with Crippen LogP contribution in [-0.2, 0) is 6.54 Å². The van der Waals surface area contributed by atoms with E-state index in [1.54, 1.807) is 11.3 Å². The highest BCUT2D eigenvalue weighted by atomic mass is 32.1. The van der Waals surface area contributed by atoms with Crippen molar-refractivity contribution in [2.24, 2.45) is 11.8 Å². The average molecular weight is 263 g/mol. The van der Waals surface area contributed by atoms with Crippen LogP contribution in [0.3, 0.4) is 0 Å². The molecule has 0 spiro atoms. The van der Waals surface area contributed by atoms with Crippen molar-refractivity contribution in [3.8, 4) is 11.8 Å². The number of aliphatic hydroxyl groups excluding tert-OH is 1. The van der Waals surface area contributed by atoms with E-state index in [0.29, 0.717) is 6.42 Å². The summed E-state index contributed by atoms with van der Waals surface area (Å²) in [7, 11) is 2.19. The van der Waals surface area contributed by atoms with Gasteiger partial charge in [0.15, 0.2) is 0 Å². The standard InChI is InChI=1S/C15H21NOS/c1-12-9-14(12)10-16(2)11-15-13(6-8-18-15)5-3-4-7-17/h6,8,12,14,17H,4,7,9-11H2,1-2H3. The van der Waals surface area contributed by atoms with Gasteiger partial charge in [0.25, 0.3) is 0 Å². The fourth-order valence-electron chi connectivity index (χ4n) is 2.15. The van der Waals surface area contributed by atoms with Crippen LogP contribution in [0.1, 0.15) is 30.2 Å². The third-order valence-corrected chi connectivity index (χ3v) is 4.35. The molecule has 1 N–H and O–H groups in total. The Labute approximate surface area is 114 Å². The second-order valence-corrected chi connectivity index (χ2v) is 6.20. The van der Waals surface area contributed by atoms with E-state index >= 15 is 0 Å². The molecule has 1 aromatic rings. The SMILES string of the molecule is CC1CC1CN(C)Cc1sccc1C#CCCO. The Bertz CT molecular complexity index is 443. The van der Waals surface area contributed by atoms with Crippen molar-refractivity contribution in [2.45, 2.75) is 26.3 Å². The molecule has 0 amide bonds. The lowest BCUT2D eigenvalue weighted by Gasteiger charge is -2.15. The summed E-state index contributed by atoms with van der Waals surface area (Å²) < 4.78 is 0. The number of hydrogen-bond donors (Lipinski definition) is 1. The van der Waals surface area contributed by atoms with Crippen LogP contribution < -0.4 is 0 Å². The van der Waals surface area contributed by atoms with Crippen molar-refractivity contribution >= 4 is 11.3 Å². The topological polar surface area (TPSA) is 23.5 Å². The van der Waals surface area contributed by atoms with Crippen LogP contribution in [0.15, 0.2) is 11.4 Å². The lowest BCUT2D eigenvalue weighted by atomic mass is 10.2. The van der Waals surface area contributed by atoms with E-state index in [1.807, 2.05) is 0 Å². The van der Waals surface area contributed by atoms with Crippen molar-refractivity contribution in [3.05, 3.63) is 21.9 Å². The van der Waals surface area contributed by atoms with Gasteiger partial charge >= 0.3 is 0 Å². The quantitative estimate of drug-likeness (QED) is 0.825. The molecule has 18 heavy (non-hydrogen) atoms. The van der Waals surface area contributed by atoms with Gasteiger partial charge in [-0.25, -0.2) is 0 Å². The summed E-state index contributed by atoms with van der Waals surface area (Å²) in [6.45, 7) is 4.66. The third-order valence-electron chi connectivity index (χ3n) is 3.44. The molecule has 1 fully saturated rings. The third kappa shape index (κ3) is 3.84. The Hall–Kier alpha value is -0.820. The van der Waals surface area contributed by atoms with Crippen LogP contribution in [0.4, 0.5) is 0 Å². The smallest absolute Gasteiger partial charge is 0.0540 e. The normalized spacial score (nSPS) is 21.8. The maximum absolute atomic E-state index is 8.73. The number of thiophene rings is 1. The van der Waals surface area contributed by atoms with Crippen LogP contribution >= 0.6 is 11.3 Å². The number of aliphatic hydroxyl groups is 1. The van der Waals surface area contributed by atoms with E-state index in [-0.39, 0.29) is 6.61 Å². The van der Waals surface area contributed by atoms with Crippen LogP contribution in [0.2, 0.25) is 0 Å². The Morgan fingerprint density at radius 3 is 3.00 bits per heavy atom.